The highest BCUT2D eigenvalue weighted by atomic mass is 32.1. The monoisotopic (exact) mass is 493 g/mol. The average Bonchev–Trinajstić information content (AvgIpc) is 3.56. The van der Waals surface area contributed by atoms with Gasteiger partial charge in [-0.2, -0.15) is 0 Å². The number of morpholine rings is 1. The van der Waals surface area contributed by atoms with Gasteiger partial charge in [0.25, 0.3) is 11.8 Å². The number of carbonyl (C=O) groups is 2. The van der Waals surface area contributed by atoms with E-state index < -0.39 is 5.91 Å². The van der Waals surface area contributed by atoms with Gasteiger partial charge >= 0.3 is 0 Å². The molecule has 3 heterocycles. The summed E-state index contributed by atoms with van der Waals surface area (Å²) in [6.07, 6.45) is 0. The number of anilines is 1. The highest BCUT2D eigenvalue weighted by Gasteiger charge is 2.28. The fraction of sp³-hybridized carbons (Fsp3) is 0.240. The molecule has 0 atom stereocenters. The summed E-state index contributed by atoms with van der Waals surface area (Å²) in [7, 11) is 1.51. The number of nitrogens with zero attached hydrogens (tertiary/aromatic N) is 2. The zero-order valence-electron chi connectivity index (χ0n) is 19.0. The van der Waals surface area contributed by atoms with E-state index in [4.69, 9.17) is 18.6 Å². The summed E-state index contributed by atoms with van der Waals surface area (Å²) >= 11 is 1.49. The Labute approximate surface area is 205 Å². The second-order valence-electron chi connectivity index (χ2n) is 7.80. The maximum Gasteiger partial charge on any atom is 0.291 e. The van der Waals surface area contributed by atoms with Gasteiger partial charge in [-0.15, -0.1) is 11.3 Å². The zero-order chi connectivity index (χ0) is 24.2. The molecule has 180 valence electrons. The van der Waals surface area contributed by atoms with Crippen molar-refractivity contribution in [3.63, 3.8) is 0 Å². The molecule has 5 rings (SSSR count). The molecule has 1 fully saturated rings. The lowest BCUT2D eigenvalue weighted by Crippen LogP contribution is -2.40. The van der Waals surface area contributed by atoms with Crippen LogP contribution in [0.25, 0.3) is 11.0 Å². The molecule has 0 aliphatic carbocycles. The fourth-order valence-electron chi connectivity index (χ4n) is 3.80. The number of methoxy groups -OCH3 is 1. The van der Waals surface area contributed by atoms with Crippen molar-refractivity contribution < 1.29 is 28.2 Å². The van der Waals surface area contributed by atoms with E-state index in [-0.39, 0.29) is 11.7 Å². The Balaban J connectivity index is 1.40. The van der Waals surface area contributed by atoms with Crippen molar-refractivity contribution in [2.75, 3.05) is 38.7 Å². The Bertz CT molecular complexity index is 1340. The van der Waals surface area contributed by atoms with Gasteiger partial charge in [0.1, 0.15) is 17.9 Å². The molecule has 1 aliphatic heterocycles. The van der Waals surface area contributed by atoms with Crippen LogP contribution in [0.2, 0.25) is 0 Å². The molecule has 0 spiro atoms. The molecule has 0 unspecified atom stereocenters. The van der Waals surface area contributed by atoms with E-state index in [0.29, 0.717) is 66.6 Å². The SMILES string of the molecule is COc1cc(C(=O)Nc2c(C(=O)N3CCOCC3)oc3ccccc23)ccc1OCc1cscn1. The minimum Gasteiger partial charge on any atom is -0.493 e. The number of benzene rings is 2. The van der Waals surface area contributed by atoms with Crippen LogP contribution in [0.15, 0.2) is 57.8 Å². The van der Waals surface area contributed by atoms with Gasteiger partial charge in [-0.1, -0.05) is 12.1 Å². The van der Waals surface area contributed by atoms with Gasteiger partial charge in [-0.25, -0.2) is 4.98 Å². The highest BCUT2D eigenvalue weighted by Crippen LogP contribution is 2.34. The first kappa shape index (κ1) is 22.9. The Morgan fingerprint density at radius 2 is 1.97 bits per heavy atom. The van der Waals surface area contributed by atoms with Gasteiger partial charge in [0.05, 0.1) is 31.5 Å². The number of thiazole rings is 1. The first-order valence-electron chi connectivity index (χ1n) is 11.0. The number of rotatable bonds is 7. The quantitative estimate of drug-likeness (QED) is 0.412. The maximum atomic E-state index is 13.2. The summed E-state index contributed by atoms with van der Waals surface area (Å²) in [5, 5.41) is 5.43. The molecule has 2 aromatic carbocycles. The van der Waals surface area contributed by atoms with Gasteiger partial charge in [-0.3, -0.25) is 9.59 Å². The number of carbonyl (C=O) groups excluding carboxylic acids is 2. The summed E-state index contributed by atoms with van der Waals surface area (Å²) in [6.45, 7) is 2.14. The van der Waals surface area contributed by atoms with Crippen molar-refractivity contribution in [1.82, 2.24) is 9.88 Å². The smallest absolute Gasteiger partial charge is 0.291 e. The molecule has 1 N–H and O–H groups in total. The van der Waals surface area contributed by atoms with Crippen LogP contribution < -0.4 is 14.8 Å². The topological polar surface area (TPSA) is 103 Å². The summed E-state index contributed by atoms with van der Waals surface area (Å²) in [5.74, 6) is 0.306. The molecular formula is C25H23N3O6S. The first-order chi connectivity index (χ1) is 17.1. The van der Waals surface area contributed by atoms with Crippen molar-refractivity contribution in [1.29, 1.82) is 0 Å². The predicted molar refractivity (Wildman–Crippen MR) is 130 cm³/mol. The number of aromatic nitrogens is 1. The Kier molecular flexibility index (Phi) is 6.64. The molecule has 4 aromatic rings. The summed E-state index contributed by atoms with van der Waals surface area (Å²) in [6, 6.07) is 12.1. The fourth-order valence-corrected chi connectivity index (χ4v) is 4.35. The molecule has 0 radical (unpaired) electrons. The first-order valence-corrected chi connectivity index (χ1v) is 12.0. The zero-order valence-corrected chi connectivity index (χ0v) is 19.8. The molecule has 1 aliphatic rings. The summed E-state index contributed by atoms with van der Waals surface area (Å²) in [5.41, 5.74) is 3.75. The van der Waals surface area contributed by atoms with Crippen LogP contribution >= 0.6 is 11.3 Å². The molecule has 2 aromatic heterocycles. The third-order valence-electron chi connectivity index (χ3n) is 5.61. The lowest BCUT2D eigenvalue weighted by Gasteiger charge is -2.26. The number of furan rings is 1. The second-order valence-corrected chi connectivity index (χ2v) is 8.51. The van der Waals surface area contributed by atoms with E-state index in [2.05, 4.69) is 10.3 Å². The van der Waals surface area contributed by atoms with E-state index in [1.54, 1.807) is 40.7 Å². The van der Waals surface area contributed by atoms with Crippen molar-refractivity contribution in [3.8, 4) is 11.5 Å². The van der Waals surface area contributed by atoms with Gasteiger partial charge < -0.3 is 28.8 Å². The van der Waals surface area contributed by atoms with Crippen molar-refractivity contribution in [2.24, 2.45) is 0 Å². The van der Waals surface area contributed by atoms with E-state index in [1.807, 2.05) is 17.5 Å². The van der Waals surface area contributed by atoms with Crippen molar-refractivity contribution in [3.05, 3.63) is 70.4 Å². The Hall–Kier alpha value is -3.89. The van der Waals surface area contributed by atoms with Crippen LogP contribution in [0.1, 0.15) is 26.6 Å². The number of hydrogen-bond acceptors (Lipinski definition) is 8. The minimum absolute atomic E-state index is 0.0941. The molecule has 9 nitrogen and oxygen atoms in total. The summed E-state index contributed by atoms with van der Waals surface area (Å²) < 4.78 is 22.5. The van der Waals surface area contributed by atoms with Crippen LogP contribution in [-0.4, -0.2) is 55.1 Å². The third-order valence-corrected chi connectivity index (χ3v) is 6.25. The van der Waals surface area contributed by atoms with E-state index >= 15 is 0 Å². The van der Waals surface area contributed by atoms with Gasteiger partial charge in [0.2, 0.25) is 5.76 Å². The highest BCUT2D eigenvalue weighted by molar-refractivity contribution is 7.07. The molecule has 1 saturated heterocycles. The number of para-hydroxylation sites is 1. The van der Waals surface area contributed by atoms with E-state index in [9.17, 15) is 9.59 Å². The number of ether oxygens (including phenoxy) is 3. The lowest BCUT2D eigenvalue weighted by atomic mass is 10.1. The van der Waals surface area contributed by atoms with Gasteiger partial charge in [0.15, 0.2) is 11.5 Å². The standard InChI is InChI=1S/C25H23N3O6S/c1-31-21-12-16(6-7-20(21)33-13-17-14-35-15-26-17)24(29)27-22-18-4-2-3-5-19(18)34-23(22)25(30)28-8-10-32-11-9-28/h2-7,12,14-15H,8-11,13H2,1H3,(H,27,29). The van der Waals surface area contributed by atoms with Gasteiger partial charge in [0, 0.05) is 29.4 Å². The largest absolute Gasteiger partial charge is 0.493 e. The van der Waals surface area contributed by atoms with Crippen LogP contribution in [0.4, 0.5) is 5.69 Å². The van der Waals surface area contributed by atoms with E-state index in [1.165, 1.54) is 18.4 Å². The number of amides is 2. The van der Waals surface area contributed by atoms with Crippen molar-refractivity contribution >= 4 is 39.8 Å². The number of nitrogens with one attached hydrogen (secondary N) is 1. The minimum atomic E-state index is -0.406. The molecule has 0 saturated carbocycles. The lowest BCUT2D eigenvalue weighted by molar-refractivity contribution is 0.0285. The normalized spacial score (nSPS) is 13.6. The second kappa shape index (κ2) is 10.2. The van der Waals surface area contributed by atoms with Crippen LogP contribution in [0.5, 0.6) is 11.5 Å². The summed E-state index contributed by atoms with van der Waals surface area (Å²) in [4.78, 5) is 32.3. The Morgan fingerprint density at radius 3 is 2.74 bits per heavy atom. The molecule has 0 bridgehead atoms. The molecular weight excluding hydrogens is 470 g/mol. The molecule has 35 heavy (non-hydrogen) atoms. The van der Waals surface area contributed by atoms with Crippen molar-refractivity contribution in [2.45, 2.75) is 6.61 Å². The number of fused-ring (bicyclic) bond motifs is 1. The average molecular weight is 494 g/mol. The Morgan fingerprint density at radius 1 is 1.14 bits per heavy atom. The van der Waals surface area contributed by atoms with Crippen LogP contribution in [-0.2, 0) is 11.3 Å². The van der Waals surface area contributed by atoms with Crippen LogP contribution in [0.3, 0.4) is 0 Å². The van der Waals surface area contributed by atoms with E-state index in [0.717, 1.165) is 5.69 Å². The third kappa shape index (κ3) is 4.84. The number of hydrogen-bond donors (Lipinski definition) is 1. The predicted octanol–water partition coefficient (Wildman–Crippen LogP) is 4.20. The van der Waals surface area contributed by atoms with Gasteiger partial charge in [-0.05, 0) is 30.3 Å². The maximum absolute atomic E-state index is 13.2. The molecule has 2 amide bonds. The van der Waals surface area contributed by atoms with Crippen LogP contribution in [0, 0.1) is 0 Å². The molecule has 10 heteroatoms.